The number of hydrogen-bond donors (Lipinski definition) is 1. The summed E-state index contributed by atoms with van der Waals surface area (Å²) in [5.41, 5.74) is 1.07. The zero-order chi connectivity index (χ0) is 17.6. The van der Waals surface area contributed by atoms with Crippen LogP contribution < -0.4 is 5.32 Å². The third kappa shape index (κ3) is 4.81. The Morgan fingerprint density at radius 3 is 2.64 bits per heavy atom. The van der Waals surface area contributed by atoms with E-state index in [-0.39, 0.29) is 24.7 Å². The van der Waals surface area contributed by atoms with Crippen LogP contribution in [-0.4, -0.2) is 52.8 Å². The summed E-state index contributed by atoms with van der Waals surface area (Å²) < 4.78 is 6.96. The molecule has 0 radical (unpaired) electrons. The Labute approximate surface area is 148 Å². The summed E-state index contributed by atoms with van der Waals surface area (Å²) in [5.74, 6) is 1.10. The van der Waals surface area contributed by atoms with E-state index in [0.29, 0.717) is 38.0 Å². The van der Waals surface area contributed by atoms with E-state index in [9.17, 15) is 9.59 Å². The molecule has 7 heteroatoms. The number of morpholine rings is 1. The maximum atomic E-state index is 12.2. The molecule has 1 aliphatic heterocycles. The Bertz CT molecular complexity index is 601. The molecule has 138 valence electrons. The average Bonchev–Trinajstić information content (AvgIpc) is 3.01. The second-order valence-corrected chi connectivity index (χ2v) is 6.95. The Morgan fingerprint density at radius 1 is 1.20 bits per heavy atom. The van der Waals surface area contributed by atoms with Gasteiger partial charge in [0.15, 0.2) is 0 Å². The van der Waals surface area contributed by atoms with Crippen LogP contribution in [0, 0.1) is 0 Å². The summed E-state index contributed by atoms with van der Waals surface area (Å²) in [6, 6.07) is 1.98. The van der Waals surface area contributed by atoms with E-state index in [0.717, 1.165) is 5.69 Å². The van der Waals surface area contributed by atoms with Crippen LogP contribution in [0.15, 0.2) is 6.07 Å². The molecule has 0 spiro atoms. The first-order valence-electron chi connectivity index (χ1n) is 9.33. The molecule has 1 aromatic heterocycles. The van der Waals surface area contributed by atoms with Crippen LogP contribution in [-0.2, 0) is 21.4 Å². The second-order valence-electron chi connectivity index (χ2n) is 6.95. The summed E-state index contributed by atoms with van der Waals surface area (Å²) in [6.45, 7) is 2.40. The first-order chi connectivity index (χ1) is 12.1. The zero-order valence-electron chi connectivity index (χ0n) is 15.0. The molecule has 2 fully saturated rings. The molecule has 0 aromatic carbocycles. The van der Waals surface area contributed by atoms with Crippen molar-refractivity contribution in [3.63, 3.8) is 0 Å². The van der Waals surface area contributed by atoms with E-state index in [4.69, 9.17) is 4.74 Å². The predicted octanol–water partition coefficient (Wildman–Crippen LogP) is 2.05. The quantitative estimate of drug-likeness (QED) is 0.883. The van der Waals surface area contributed by atoms with Crippen molar-refractivity contribution in [2.24, 2.45) is 7.05 Å². The molecule has 1 saturated carbocycles. The van der Waals surface area contributed by atoms with Crippen molar-refractivity contribution < 1.29 is 14.3 Å². The molecule has 7 nitrogen and oxygen atoms in total. The van der Waals surface area contributed by atoms with Gasteiger partial charge in [0.2, 0.25) is 11.8 Å². The molecule has 0 atom stereocenters. The number of rotatable bonds is 5. The van der Waals surface area contributed by atoms with E-state index in [1.807, 2.05) is 13.1 Å². The normalized spacial score (nSPS) is 19.0. The van der Waals surface area contributed by atoms with Crippen molar-refractivity contribution in [1.29, 1.82) is 0 Å². The van der Waals surface area contributed by atoms with Crippen LogP contribution >= 0.6 is 0 Å². The first-order valence-corrected chi connectivity index (χ1v) is 9.33. The zero-order valence-corrected chi connectivity index (χ0v) is 15.0. The van der Waals surface area contributed by atoms with Crippen LogP contribution in [0.5, 0.6) is 0 Å². The predicted molar refractivity (Wildman–Crippen MR) is 94.3 cm³/mol. The molecule has 2 heterocycles. The standard InChI is InChI=1S/C18H28N4O3/c1-21-16(13-15(20-21)14-5-3-2-4-6-14)19-17(23)7-8-18(24)22-9-11-25-12-10-22/h13-14H,2-12H2,1H3,(H,19,23). The maximum Gasteiger partial charge on any atom is 0.226 e. The van der Waals surface area contributed by atoms with Crippen LogP contribution in [0.1, 0.15) is 56.6 Å². The minimum absolute atomic E-state index is 0.0198. The lowest BCUT2D eigenvalue weighted by Gasteiger charge is -2.26. The highest BCUT2D eigenvalue weighted by Gasteiger charge is 2.21. The van der Waals surface area contributed by atoms with Gasteiger partial charge in [0.1, 0.15) is 5.82 Å². The number of aromatic nitrogens is 2. The van der Waals surface area contributed by atoms with Crippen LogP contribution in [0.3, 0.4) is 0 Å². The molecule has 3 rings (SSSR count). The highest BCUT2D eigenvalue weighted by molar-refractivity contribution is 5.92. The van der Waals surface area contributed by atoms with Gasteiger partial charge in [-0.2, -0.15) is 5.10 Å². The Balaban J connectivity index is 1.49. The molecule has 1 aliphatic carbocycles. The van der Waals surface area contributed by atoms with E-state index >= 15 is 0 Å². The van der Waals surface area contributed by atoms with Gasteiger partial charge in [-0.15, -0.1) is 0 Å². The lowest BCUT2D eigenvalue weighted by Crippen LogP contribution is -2.40. The number of aryl methyl sites for hydroxylation is 1. The van der Waals surface area contributed by atoms with Gasteiger partial charge in [0.25, 0.3) is 0 Å². The van der Waals surface area contributed by atoms with E-state index < -0.39 is 0 Å². The molecule has 1 saturated heterocycles. The van der Waals surface area contributed by atoms with Gasteiger partial charge in [-0.25, -0.2) is 0 Å². The summed E-state index contributed by atoms with van der Waals surface area (Å²) in [6.07, 6.45) is 6.61. The number of nitrogens with one attached hydrogen (secondary N) is 1. The topological polar surface area (TPSA) is 76.5 Å². The van der Waals surface area contributed by atoms with Crippen molar-refractivity contribution >= 4 is 17.6 Å². The summed E-state index contributed by atoms with van der Waals surface area (Å²) in [5, 5.41) is 7.46. The maximum absolute atomic E-state index is 12.2. The molecular weight excluding hydrogens is 320 g/mol. The highest BCUT2D eigenvalue weighted by atomic mass is 16.5. The van der Waals surface area contributed by atoms with Gasteiger partial charge in [0.05, 0.1) is 18.9 Å². The molecule has 1 aromatic rings. The number of carbonyl (C=O) groups excluding carboxylic acids is 2. The van der Waals surface area contributed by atoms with Gasteiger partial charge in [0, 0.05) is 45.0 Å². The van der Waals surface area contributed by atoms with Crippen LogP contribution in [0.4, 0.5) is 5.82 Å². The first kappa shape index (κ1) is 17.9. The van der Waals surface area contributed by atoms with Gasteiger partial charge < -0.3 is 15.0 Å². The molecule has 2 amide bonds. The van der Waals surface area contributed by atoms with E-state index in [1.165, 1.54) is 32.1 Å². The molecular formula is C18H28N4O3. The van der Waals surface area contributed by atoms with Gasteiger partial charge >= 0.3 is 0 Å². The minimum atomic E-state index is -0.139. The van der Waals surface area contributed by atoms with E-state index in [2.05, 4.69) is 10.4 Å². The van der Waals surface area contributed by atoms with E-state index in [1.54, 1.807) is 9.58 Å². The number of hydrogen-bond acceptors (Lipinski definition) is 4. The summed E-state index contributed by atoms with van der Waals surface area (Å²) >= 11 is 0. The number of nitrogens with zero attached hydrogens (tertiary/aromatic N) is 3. The average molecular weight is 348 g/mol. The van der Waals surface area contributed by atoms with Crippen molar-refractivity contribution in [2.75, 3.05) is 31.6 Å². The monoisotopic (exact) mass is 348 g/mol. The molecule has 0 bridgehead atoms. The fourth-order valence-electron chi connectivity index (χ4n) is 3.60. The minimum Gasteiger partial charge on any atom is -0.378 e. The molecule has 1 N–H and O–H groups in total. The smallest absolute Gasteiger partial charge is 0.226 e. The van der Waals surface area contributed by atoms with Crippen molar-refractivity contribution in [2.45, 2.75) is 50.9 Å². The van der Waals surface area contributed by atoms with Crippen LogP contribution in [0.25, 0.3) is 0 Å². The molecule has 25 heavy (non-hydrogen) atoms. The lowest BCUT2D eigenvalue weighted by molar-refractivity contribution is -0.136. The van der Waals surface area contributed by atoms with Crippen molar-refractivity contribution in [3.8, 4) is 0 Å². The SMILES string of the molecule is Cn1nc(C2CCCCC2)cc1NC(=O)CCC(=O)N1CCOCC1. The Hall–Kier alpha value is -1.89. The summed E-state index contributed by atoms with van der Waals surface area (Å²) in [7, 11) is 1.85. The van der Waals surface area contributed by atoms with Gasteiger partial charge in [-0.05, 0) is 12.8 Å². The fourth-order valence-corrected chi connectivity index (χ4v) is 3.60. The van der Waals surface area contributed by atoms with Crippen molar-refractivity contribution in [1.82, 2.24) is 14.7 Å². The Morgan fingerprint density at radius 2 is 1.92 bits per heavy atom. The third-order valence-electron chi connectivity index (χ3n) is 5.12. The number of ether oxygens (including phenoxy) is 1. The highest BCUT2D eigenvalue weighted by Crippen LogP contribution is 2.32. The Kier molecular flexibility index (Phi) is 6.07. The molecule has 0 unspecified atom stereocenters. The second kappa shape index (κ2) is 8.47. The van der Waals surface area contributed by atoms with Crippen LogP contribution in [0.2, 0.25) is 0 Å². The third-order valence-corrected chi connectivity index (χ3v) is 5.12. The number of amides is 2. The lowest BCUT2D eigenvalue weighted by atomic mass is 9.87. The van der Waals surface area contributed by atoms with Gasteiger partial charge in [-0.1, -0.05) is 19.3 Å². The number of anilines is 1. The largest absolute Gasteiger partial charge is 0.378 e. The summed E-state index contributed by atoms with van der Waals surface area (Å²) in [4.78, 5) is 26.1. The number of carbonyl (C=O) groups is 2. The fraction of sp³-hybridized carbons (Fsp3) is 0.722. The van der Waals surface area contributed by atoms with Crippen molar-refractivity contribution in [3.05, 3.63) is 11.8 Å². The molecule has 2 aliphatic rings. The van der Waals surface area contributed by atoms with Gasteiger partial charge in [-0.3, -0.25) is 14.3 Å².